The molecule has 0 saturated carbocycles. The SMILES string of the molecule is CN1C(=O)C(C)(C)c2cc(CC(C)(C)O)ccc21. The van der Waals surface area contributed by atoms with Crippen LogP contribution >= 0.6 is 0 Å². The van der Waals surface area contributed by atoms with Crippen LogP contribution in [0, 0.1) is 0 Å². The number of benzene rings is 1. The first-order chi connectivity index (χ1) is 8.13. The quantitative estimate of drug-likeness (QED) is 0.870. The van der Waals surface area contributed by atoms with Crippen molar-refractivity contribution in [3.8, 4) is 0 Å². The fourth-order valence-electron chi connectivity index (χ4n) is 2.63. The van der Waals surface area contributed by atoms with Crippen LogP contribution in [0.2, 0.25) is 0 Å². The molecule has 1 heterocycles. The van der Waals surface area contributed by atoms with Crippen LogP contribution in [0.1, 0.15) is 38.8 Å². The molecule has 0 aromatic heterocycles. The molecule has 3 nitrogen and oxygen atoms in total. The molecule has 0 radical (unpaired) electrons. The average molecular weight is 247 g/mol. The van der Waals surface area contributed by atoms with E-state index in [1.54, 1.807) is 18.7 Å². The second-order valence-electron chi connectivity index (χ2n) is 6.33. The van der Waals surface area contributed by atoms with Gasteiger partial charge in [0.05, 0.1) is 11.0 Å². The third kappa shape index (κ3) is 2.03. The van der Waals surface area contributed by atoms with Crippen molar-refractivity contribution in [1.29, 1.82) is 0 Å². The Kier molecular flexibility index (Phi) is 2.78. The molecule has 1 aliphatic heterocycles. The van der Waals surface area contributed by atoms with Crippen LogP contribution < -0.4 is 4.90 Å². The summed E-state index contributed by atoms with van der Waals surface area (Å²) in [5.74, 6) is 0.123. The summed E-state index contributed by atoms with van der Waals surface area (Å²) in [6.07, 6.45) is 0.592. The van der Waals surface area contributed by atoms with Gasteiger partial charge in [0.2, 0.25) is 5.91 Å². The van der Waals surface area contributed by atoms with Crippen LogP contribution in [0.4, 0.5) is 5.69 Å². The summed E-state index contributed by atoms with van der Waals surface area (Å²) in [5.41, 5.74) is 1.89. The molecule has 0 fully saturated rings. The van der Waals surface area contributed by atoms with Gasteiger partial charge in [0, 0.05) is 19.2 Å². The molecule has 3 heteroatoms. The van der Waals surface area contributed by atoms with Gasteiger partial charge in [-0.2, -0.15) is 0 Å². The molecule has 0 bridgehead atoms. The lowest BCUT2D eigenvalue weighted by Gasteiger charge is -2.19. The predicted molar refractivity (Wildman–Crippen MR) is 72.9 cm³/mol. The van der Waals surface area contributed by atoms with E-state index in [0.717, 1.165) is 16.8 Å². The molecule has 0 spiro atoms. The lowest BCUT2D eigenvalue weighted by molar-refractivity contribution is -0.121. The number of aliphatic hydroxyl groups is 1. The van der Waals surface area contributed by atoms with Crippen LogP contribution in [0.5, 0.6) is 0 Å². The lowest BCUT2D eigenvalue weighted by Crippen LogP contribution is -2.33. The second-order valence-corrected chi connectivity index (χ2v) is 6.33. The van der Waals surface area contributed by atoms with Crippen LogP contribution in [-0.2, 0) is 16.6 Å². The molecule has 1 N–H and O–H groups in total. The molecule has 0 unspecified atom stereocenters. The number of nitrogens with zero attached hydrogens (tertiary/aromatic N) is 1. The van der Waals surface area contributed by atoms with Crippen molar-refractivity contribution in [2.45, 2.75) is 45.1 Å². The summed E-state index contributed by atoms with van der Waals surface area (Å²) in [5, 5.41) is 9.88. The van der Waals surface area contributed by atoms with Gasteiger partial charge in [0.25, 0.3) is 0 Å². The van der Waals surface area contributed by atoms with E-state index in [1.165, 1.54) is 0 Å². The smallest absolute Gasteiger partial charge is 0.236 e. The first-order valence-corrected chi connectivity index (χ1v) is 6.27. The van der Waals surface area contributed by atoms with Crippen molar-refractivity contribution in [3.05, 3.63) is 29.3 Å². The van der Waals surface area contributed by atoms with Gasteiger partial charge in [-0.25, -0.2) is 0 Å². The highest BCUT2D eigenvalue weighted by Gasteiger charge is 2.42. The molecule has 1 amide bonds. The Hall–Kier alpha value is -1.35. The molecule has 0 atom stereocenters. The van der Waals surface area contributed by atoms with Crippen molar-refractivity contribution >= 4 is 11.6 Å². The van der Waals surface area contributed by atoms with E-state index in [0.29, 0.717) is 6.42 Å². The van der Waals surface area contributed by atoms with Gasteiger partial charge in [-0.15, -0.1) is 0 Å². The van der Waals surface area contributed by atoms with Crippen molar-refractivity contribution < 1.29 is 9.90 Å². The van der Waals surface area contributed by atoms with Crippen LogP contribution in [0.15, 0.2) is 18.2 Å². The number of rotatable bonds is 2. The number of fused-ring (bicyclic) bond motifs is 1. The fraction of sp³-hybridized carbons (Fsp3) is 0.533. The topological polar surface area (TPSA) is 40.5 Å². The van der Waals surface area contributed by atoms with Crippen molar-refractivity contribution in [3.63, 3.8) is 0 Å². The van der Waals surface area contributed by atoms with Gasteiger partial charge in [0.1, 0.15) is 0 Å². The minimum absolute atomic E-state index is 0.123. The number of anilines is 1. The van der Waals surface area contributed by atoms with Crippen LogP contribution in [-0.4, -0.2) is 23.7 Å². The van der Waals surface area contributed by atoms with E-state index in [1.807, 2.05) is 33.0 Å². The van der Waals surface area contributed by atoms with E-state index in [-0.39, 0.29) is 5.91 Å². The van der Waals surface area contributed by atoms with Gasteiger partial charge in [0.15, 0.2) is 0 Å². The Morgan fingerprint density at radius 2 is 1.94 bits per heavy atom. The van der Waals surface area contributed by atoms with Gasteiger partial charge >= 0.3 is 0 Å². The fourth-order valence-corrected chi connectivity index (χ4v) is 2.63. The van der Waals surface area contributed by atoms with E-state index in [2.05, 4.69) is 6.07 Å². The molecule has 1 aromatic rings. The van der Waals surface area contributed by atoms with Crippen molar-refractivity contribution in [1.82, 2.24) is 0 Å². The Morgan fingerprint density at radius 1 is 1.33 bits per heavy atom. The predicted octanol–water partition coefficient (Wildman–Crippen LogP) is 2.25. The first-order valence-electron chi connectivity index (χ1n) is 6.27. The number of amides is 1. The average Bonchev–Trinajstić information content (AvgIpc) is 2.39. The minimum Gasteiger partial charge on any atom is -0.390 e. The molecular formula is C15H21NO2. The van der Waals surface area contributed by atoms with Crippen molar-refractivity contribution in [2.75, 3.05) is 11.9 Å². The summed E-state index contributed by atoms with van der Waals surface area (Å²) < 4.78 is 0. The molecule has 2 rings (SSSR count). The molecule has 0 aliphatic carbocycles. The Morgan fingerprint density at radius 3 is 2.50 bits per heavy atom. The van der Waals surface area contributed by atoms with E-state index in [4.69, 9.17) is 0 Å². The molecule has 0 saturated heterocycles. The van der Waals surface area contributed by atoms with E-state index >= 15 is 0 Å². The van der Waals surface area contributed by atoms with Gasteiger partial charge in [-0.3, -0.25) is 4.79 Å². The first kappa shape index (κ1) is 13.1. The van der Waals surface area contributed by atoms with E-state index < -0.39 is 11.0 Å². The summed E-state index contributed by atoms with van der Waals surface area (Å²) >= 11 is 0. The third-order valence-electron chi connectivity index (χ3n) is 3.57. The molecule has 1 aromatic carbocycles. The molecule has 18 heavy (non-hydrogen) atoms. The molecule has 98 valence electrons. The maximum Gasteiger partial charge on any atom is 0.236 e. The zero-order chi connectivity index (χ0) is 13.7. The van der Waals surface area contributed by atoms with Crippen LogP contribution in [0.3, 0.4) is 0 Å². The number of likely N-dealkylation sites (N-methyl/N-ethyl adjacent to an activating group) is 1. The zero-order valence-electron chi connectivity index (χ0n) is 11.7. The Labute approximate surface area is 108 Å². The van der Waals surface area contributed by atoms with Gasteiger partial charge < -0.3 is 10.0 Å². The number of hydrogen-bond acceptors (Lipinski definition) is 2. The standard InChI is InChI=1S/C15H21NO2/c1-14(2,18)9-10-6-7-12-11(8-10)15(3,4)13(17)16(12)5/h6-8,18H,9H2,1-5H3. The monoisotopic (exact) mass is 247 g/mol. The number of carbonyl (C=O) groups excluding carboxylic acids is 1. The lowest BCUT2D eigenvalue weighted by atomic mass is 9.84. The highest BCUT2D eigenvalue weighted by Crippen LogP contribution is 2.41. The van der Waals surface area contributed by atoms with Gasteiger partial charge in [-0.1, -0.05) is 12.1 Å². The third-order valence-corrected chi connectivity index (χ3v) is 3.57. The highest BCUT2D eigenvalue weighted by molar-refractivity contribution is 6.07. The van der Waals surface area contributed by atoms with E-state index in [9.17, 15) is 9.90 Å². The number of carbonyl (C=O) groups is 1. The number of hydrogen-bond donors (Lipinski definition) is 1. The summed E-state index contributed by atoms with van der Waals surface area (Å²) in [6, 6.07) is 6.01. The second kappa shape index (κ2) is 3.82. The molecular weight excluding hydrogens is 226 g/mol. The largest absolute Gasteiger partial charge is 0.390 e. The minimum atomic E-state index is -0.729. The maximum absolute atomic E-state index is 12.2. The Balaban J connectivity index is 2.46. The Bertz CT molecular complexity index is 498. The van der Waals surface area contributed by atoms with Crippen molar-refractivity contribution in [2.24, 2.45) is 0 Å². The normalized spacial score (nSPS) is 18.1. The van der Waals surface area contributed by atoms with Crippen LogP contribution in [0.25, 0.3) is 0 Å². The maximum atomic E-state index is 12.2. The van der Waals surface area contributed by atoms with Gasteiger partial charge in [-0.05, 0) is 44.9 Å². The molecule has 1 aliphatic rings. The summed E-state index contributed by atoms with van der Waals surface area (Å²) in [7, 11) is 1.81. The zero-order valence-corrected chi connectivity index (χ0v) is 11.7. The summed E-state index contributed by atoms with van der Waals surface area (Å²) in [4.78, 5) is 13.9. The summed E-state index contributed by atoms with van der Waals surface area (Å²) in [6.45, 7) is 7.49. The highest BCUT2D eigenvalue weighted by atomic mass is 16.3.